The van der Waals surface area contributed by atoms with Gasteiger partial charge in [-0.1, -0.05) is 42.8 Å². The first-order valence-corrected chi connectivity index (χ1v) is 7.52. The van der Waals surface area contributed by atoms with Gasteiger partial charge in [0, 0.05) is 5.75 Å². The van der Waals surface area contributed by atoms with Crippen LogP contribution in [0.25, 0.3) is 0 Å². The first kappa shape index (κ1) is 12.0. The topological polar surface area (TPSA) is 24.4 Å². The Morgan fingerprint density at radius 1 is 1.28 bits per heavy atom. The Balaban J connectivity index is 1.60. The van der Waals surface area contributed by atoms with E-state index in [0.29, 0.717) is 17.8 Å². The molecule has 1 aromatic carbocycles. The number of halogens is 1. The highest BCUT2D eigenvalue weighted by Gasteiger charge is 2.30. The molecule has 2 nitrogen and oxygen atoms in total. The minimum Gasteiger partial charge on any atom is -0.360 e. The largest absolute Gasteiger partial charge is 0.360 e. The summed E-state index contributed by atoms with van der Waals surface area (Å²) in [6, 6.07) is 7.94. The lowest BCUT2D eigenvalue weighted by atomic mass is 9.92. The summed E-state index contributed by atoms with van der Waals surface area (Å²) >= 11 is 1.62. The smallest absolute Gasteiger partial charge is 0.157 e. The molecule has 0 bridgehead atoms. The molecule has 0 aromatic heterocycles. The molecule has 4 heteroatoms. The van der Waals surface area contributed by atoms with Crippen molar-refractivity contribution in [3.05, 3.63) is 35.6 Å². The molecule has 3 rings (SSSR count). The molecule has 1 aliphatic heterocycles. The fourth-order valence-electron chi connectivity index (χ4n) is 2.62. The molecular weight excluding hydrogens is 247 g/mol. The third-order valence-corrected chi connectivity index (χ3v) is 4.60. The van der Waals surface area contributed by atoms with Crippen LogP contribution in [-0.4, -0.2) is 17.3 Å². The molecule has 1 aliphatic carbocycles. The van der Waals surface area contributed by atoms with Crippen LogP contribution < -0.4 is 5.32 Å². The van der Waals surface area contributed by atoms with Crippen molar-refractivity contribution in [1.29, 1.82) is 0 Å². The second-order valence-corrected chi connectivity index (χ2v) is 5.88. The number of hydrogen-bond donors (Lipinski definition) is 1. The monoisotopic (exact) mass is 264 g/mol. The number of amidine groups is 1. The van der Waals surface area contributed by atoms with Gasteiger partial charge >= 0.3 is 0 Å². The highest BCUT2D eigenvalue weighted by molar-refractivity contribution is 8.13. The van der Waals surface area contributed by atoms with E-state index >= 15 is 0 Å². The van der Waals surface area contributed by atoms with E-state index in [9.17, 15) is 4.39 Å². The average Bonchev–Trinajstić information content (AvgIpc) is 2.80. The number of nitrogens with zero attached hydrogens (tertiary/aromatic N) is 1. The maximum absolute atomic E-state index is 13.5. The second-order valence-electron chi connectivity index (χ2n) is 4.92. The van der Waals surface area contributed by atoms with Crippen LogP contribution in [0.1, 0.15) is 31.2 Å². The van der Waals surface area contributed by atoms with Crippen molar-refractivity contribution >= 4 is 16.9 Å². The predicted octanol–water partition coefficient (Wildman–Crippen LogP) is 3.33. The summed E-state index contributed by atoms with van der Waals surface area (Å²) in [6.07, 6.45) is 5.01. The van der Waals surface area contributed by atoms with Crippen LogP contribution in [0.5, 0.6) is 0 Å². The lowest BCUT2D eigenvalue weighted by Crippen LogP contribution is -2.36. The number of aliphatic imine (C=N–C) groups is 1. The lowest BCUT2D eigenvalue weighted by Gasteiger charge is -2.23. The zero-order chi connectivity index (χ0) is 12.4. The van der Waals surface area contributed by atoms with Gasteiger partial charge in [-0.3, -0.25) is 4.99 Å². The average molecular weight is 264 g/mol. The molecule has 1 fully saturated rings. The molecule has 18 heavy (non-hydrogen) atoms. The number of benzene rings is 1. The molecule has 2 atom stereocenters. The van der Waals surface area contributed by atoms with E-state index < -0.39 is 0 Å². The molecule has 1 aromatic rings. The maximum atomic E-state index is 13.5. The standard InChI is InChI=1S/C14H17FN2S/c15-11-6-2-1-5-10(11)9-18-14-16-12-7-3-4-8-13(12)17-14/h1-2,5-6,12-13H,3-4,7-9H2,(H,16,17). The zero-order valence-corrected chi connectivity index (χ0v) is 11.0. The minimum absolute atomic E-state index is 0.124. The summed E-state index contributed by atoms with van der Waals surface area (Å²) < 4.78 is 13.5. The third kappa shape index (κ3) is 2.53. The van der Waals surface area contributed by atoms with Crippen molar-refractivity contribution < 1.29 is 4.39 Å². The van der Waals surface area contributed by atoms with E-state index in [4.69, 9.17) is 4.99 Å². The van der Waals surface area contributed by atoms with Crippen LogP contribution in [0.3, 0.4) is 0 Å². The Hall–Kier alpha value is -1.03. The Morgan fingerprint density at radius 2 is 2.11 bits per heavy atom. The van der Waals surface area contributed by atoms with E-state index in [2.05, 4.69) is 5.32 Å². The molecule has 2 aliphatic rings. The van der Waals surface area contributed by atoms with Crippen molar-refractivity contribution in [2.45, 2.75) is 43.5 Å². The van der Waals surface area contributed by atoms with Gasteiger partial charge in [-0.25, -0.2) is 4.39 Å². The lowest BCUT2D eigenvalue weighted by molar-refractivity contribution is 0.385. The first-order chi connectivity index (χ1) is 8.83. The number of nitrogens with one attached hydrogen (secondary N) is 1. The Kier molecular flexibility index (Phi) is 3.55. The number of rotatable bonds is 2. The van der Waals surface area contributed by atoms with Crippen molar-refractivity contribution in [3.63, 3.8) is 0 Å². The third-order valence-electron chi connectivity index (χ3n) is 3.64. The summed E-state index contributed by atoms with van der Waals surface area (Å²) in [5.74, 6) is 0.527. The Bertz CT molecular complexity index is 461. The van der Waals surface area contributed by atoms with Gasteiger partial charge in [0.1, 0.15) is 5.82 Å². The molecule has 2 unspecified atom stereocenters. The molecule has 1 heterocycles. The van der Waals surface area contributed by atoms with E-state index in [1.807, 2.05) is 12.1 Å². The van der Waals surface area contributed by atoms with Crippen LogP contribution >= 0.6 is 11.8 Å². The molecule has 0 saturated heterocycles. The van der Waals surface area contributed by atoms with Crippen molar-refractivity contribution in [2.75, 3.05) is 0 Å². The maximum Gasteiger partial charge on any atom is 0.157 e. The first-order valence-electron chi connectivity index (χ1n) is 6.53. The van der Waals surface area contributed by atoms with Gasteiger partial charge in [0.15, 0.2) is 5.17 Å². The van der Waals surface area contributed by atoms with E-state index in [0.717, 1.165) is 10.7 Å². The molecular formula is C14H17FN2S. The van der Waals surface area contributed by atoms with Crippen LogP contribution in [-0.2, 0) is 5.75 Å². The molecule has 0 spiro atoms. The van der Waals surface area contributed by atoms with Crippen LogP contribution in [0.15, 0.2) is 29.3 Å². The Labute approximate surface area is 111 Å². The van der Waals surface area contributed by atoms with Crippen molar-refractivity contribution in [1.82, 2.24) is 5.32 Å². The second kappa shape index (κ2) is 5.31. The number of fused-ring (bicyclic) bond motifs is 1. The summed E-state index contributed by atoms with van der Waals surface area (Å²) in [5, 5.41) is 4.47. The van der Waals surface area contributed by atoms with E-state index in [-0.39, 0.29) is 5.82 Å². The highest BCUT2D eigenvalue weighted by atomic mass is 32.2. The van der Waals surface area contributed by atoms with Gasteiger partial charge in [-0.15, -0.1) is 0 Å². The molecule has 0 radical (unpaired) electrons. The predicted molar refractivity (Wildman–Crippen MR) is 74.3 cm³/mol. The summed E-state index contributed by atoms with van der Waals surface area (Å²) in [4.78, 5) is 4.70. The summed E-state index contributed by atoms with van der Waals surface area (Å²) in [7, 11) is 0. The summed E-state index contributed by atoms with van der Waals surface area (Å²) in [5.41, 5.74) is 0.752. The molecule has 1 saturated carbocycles. The van der Waals surface area contributed by atoms with Crippen molar-refractivity contribution in [3.8, 4) is 0 Å². The van der Waals surface area contributed by atoms with Crippen LogP contribution in [0.4, 0.5) is 4.39 Å². The molecule has 96 valence electrons. The van der Waals surface area contributed by atoms with E-state index in [1.54, 1.807) is 17.8 Å². The molecule has 1 N–H and O–H groups in total. The van der Waals surface area contributed by atoms with Gasteiger partial charge in [0.05, 0.1) is 12.1 Å². The van der Waals surface area contributed by atoms with E-state index in [1.165, 1.54) is 31.7 Å². The van der Waals surface area contributed by atoms with Gasteiger partial charge < -0.3 is 5.32 Å². The fourth-order valence-corrected chi connectivity index (χ4v) is 3.59. The fraction of sp³-hybridized carbons (Fsp3) is 0.500. The highest BCUT2D eigenvalue weighted by Crippen LogP contribution is 2.28. The van der Waals surface area contributed by atoms with Gasteiger partial charge in [-0.2, -0.15) is 0 Å². The Morgan fingerprint density at radius 3 is 2.94 bits per heavy atom. The van der Waals surface area contributed by atoms with Crippen LogP contribution in [0.2, 0.25) is 0 Å². The van der Waals surface area contributed by atoms with Gasteiger partial charge in [0.2, 0.25) is 0 Å². The number of thioether (sulfide) groups is 1. The number of hydrogen-bond acceptors (Lipinski definition) is 3. The summed E-state index contributed by atoms with van der Waals surface area (Å²) in [6.45, 7) is 0. The quantitative estimate of drug-likeness (QED) is 0.886. The molecule has 0 amide bonds. The van der Waals surface area contributed by atoms with Gasteiger partial charge in [0.25, 0.3) is 0 Å². The van der Waals surface area contributed by atoms with Crippen molar-refractivity contribution in [2.24, 2.45) is 4.99 Å². The van der Waals surface area contributed by atoms with Crippen LogP contribution in [0, 0.1) is 5.82 Å². The SMILES string of the molecule is Fc1ccccc1CSC1=NC2CCCCC2N1. The van der Waals surface area contributed by atoms with Gasteiger partial charge in [-0.05, 0) is 24.5 Å². The minimum atomic E-state index is -0.124. The zero-order valence-electron chi connectivity index (χ0n) is 10.2. The normalized spacial score (nSPS) is 26.4.